The summed E-state index contributed by atoms with van der Waals surface area (Å²) < 4.78 is 29.0. The molecule has 0 bridgehead atoms. The van der Waals surface area contributed by atoms with Gasteiger partial charge in [-0.25, -0.2) is 0 Å². The summed E-state index contributed by atoms with van der Waals surface area (Å²) in [5, 5.41) is -1.27. The zero-order valence-electron chi connectivity index (χ0n) is 6.38. The molecule has 0 radical (unpaired) electrons. The molecule has 0 aliphatic heterocycles. The lowest BCUT2D eigenvalue weighted by Crippen LogP contribution is -2.12. The minimum atomic E-state index is -4.59. The summed E-state index contributed by atoms with van der Waals surface area (Å²) in [6.45, 7) is 0. The van der Waals surface area contributed by atoms with E-state index in [2.05, 4.69) is 0 Å². The van der Waals surface area contributed by atoms with Crippen molar-refractivity contribution in [3.05, 3.63) is 35.9 Å². The van der Waals surface area contributed by atoms with E-state index in [0.29, 0.717) is 0 Å². The molecule has 0 aliphatic rings. The highest BCUT2D eigenvalue weighted by Crippen LogP contribution is 2.03. The van der Waals surface area contributed by atoms with Gasteiger partial charge in [0.15, 0.2) is 0 Å². The molecule has 0 spiro atoms. The van der Waals surface area contributed by atoms with E-state index in [1.165, 1.54) is 24.3 Å². The summed E-state index contributed by atoms with van der Waals surface area (Å²) in [6.07, 6.45) is 0. The van der Waals surface area contributed by atoms with Crippen LogP contribution in [0.4, 0.5) is 4.70 Å². The van der Waals surface area contributed by atoms with Crippen molar-refractivity contribution in [2.24, 2.45) is 0 Å². The lowest BCUT2D eigenvalue weighted by Gasteiger charge is -1.94. The molecule has 0 unspecified atom stereocenters. The van der Waals surface area contributed by atoms with Crippen LogP contribution in [0.1, 0.15) is 10.4 Å². The maximum absolute atomic E-state index is 10.8. The van der Waals surface area contributed by atoms with E-state index >= 15 is 0 Å². The van der Waals surface area contributed by atoms with Crippen LogP contribution in [0, 0.1) is 0 Å². The van der Waals surface area contributed by atoms with E-state index in [9.17, 15) is 13.2 Å². The first-order valence-corrected chi connectivity index (χ1v) is 4.52. The molecule has 1 aromatic rings. The normalized spacial score (nSPS) is 10.2. The van der Waals surface area contributed by atoms with Gasteiger partial charge in [0.2, 0.25) is 0 Å². The van der Waals surface area contributed by atoms with E-state index in [-0.39, 0.29) is 10.3 Å². The van der Waals surface area contributed by atoms with Gasteiger partial charge in [0, 0.05) is 5.56 Å². The average Bonchev–Trinajstić information content (AvgIpc) is 2.03. The molecule has 1 N–H and O–H groups in total. The number of rotatable bonds is 1. The van der Waals surface area contributed by atoms with Crippen molar-refractivity contribution in [2.45, 2.75) is 0 Å². The van der Waals surface area contributed by atoms with E-state index in [0.717, 1.165) is 0 Å². The van der Waals surface area contributed by atoms with Crippen molar-refractivity contribution < 1.29 is 22.5 Å². The van der Waals surface area contributed by atoms with Gasteiger partial charge >= 0.3 is 15.2 Å². The van der Waals surface area contributed by atoms with Crippen LogP contribution >= 0.6 is 0 Å². The van der Waals surface area contributed by atoms with Gasteiger partial charge in [-0.05, 0) is 0 Å². The van der Waals surface area contributed by atoms with Crippen molar-refractivity contribution in [3.8, 4) is 0 Å². The number of benzene rings is 1. The quantitative estimate of drug-likeness (QED) is 0.692. The van der Waals surface area contributed by atoms with Crippen LogP contribution in [0.3, 0.4) is 0 Å². The molecule has 13 heavy (non-hydrogen) atoms. The predicted molar refractivity (Wildman–Crippen MR) is 44.8 cm³/mol. The molecule has 0 saturated carbocycles. The molecular weight excluding hydrogens is 199 g/mol. The minimum Gasteiger partial charge on any atom is -0.279 e. The lowest BCUT2D eigenvalue weighted by molar-refractivity contribution is 0.106. The summed E-state index contributed by atoms with van der Waals surface area (Å²) in [7, 11) is -4.59. The van der Waals surface area contributed by atoms with Gasteiger partial charge < -0.3 is 0 Å². The molecule has 72 valence electrons. The molecule has 0 atom stereocenters. The molecule has 0 amide bonds. The highest BCUT2D eigenvalue weighted by atomic mass is 32.2. The van der Waals surface area contributed by atoms with Crippen molar-refractivity contribution >= 4 is 15.2 Å². The van der Waals surface area contributed by atoms with Crippen LogP contribution in [0.2, 0.25) is 0 Å². The van der Waals surface area contributed by atoms with Gasteiger partial charge in [-0.2, -0.15) is 8.42 Å². The summed E-state index contributed by atoms with van der Waals surface area (Å²) in [5.74, 6) is 0. The first-order chi connectivity index (χ1) is 5.52. The van der Waals surface area contributed by atoms with Crippen LogP contribution in [-0.4, -0.2) is 18.1 Å². The number of carbonyl (C=O) groups excluding carboxylic acids is 1. The fourth-order valence-corrected chi connectivity index (χ4v) is 1.16. The van der Waals surface area contributed by atoms with Crippen molar-refractivity contribution in [2.75, 3.05) is 0 Å². The second kappa shape index (κ2) is 4.11. The lowest BCUT2D eigenvalue weighted by atomic mass is 10.2. The smallest absolute Gasteiger partial charge is 0.279 e. The number of hydrogen-bond donors (Lipinski definition) is 1. The maximum atomic E-state index is 10.8. The zero-order chi connectivity index (χ0) is 9.19. The van der Waals surface area contributed by atoms with E-state index in [1.807, 2.05) is 0 Å². The van der Waals surface area contributed by atoms with E-state index in [4.69, 9.17) is 4.55 Å². The zero-order valence-corrected chi connectivity index (χ0v) is 7.19. The Balaban J connectivity index is 0.00000144. The third-order valence-corrected chi connectivity index (χ3v) is 1.95. The molecule has 0 aliphatic carbocycles. The molecule has 1 aromatic carbocycles. The summed E-state index contributed by atoms with van der Waals surface area (Å²) in [5.41, 5.74) is -0.0417. The van der Waals surface area contributed by atoms with Crippen LogP contribution in [0.5, 0.6) is 0 Å². The second-order valence-electron chi connectivity index (χ2n) is 2.13. The van der Waals surface area contributed by atoms with Gasteiger partial charge in [-0.1, -0.05) is 30.3 Å². The Bertz CT molecular complexity index is 384. The van der Waals surface area contributed by atoms with Gasteiger partial charge in [0.05, 0.1) is 0 Å². The Morgan fingerprint density at radius 2 is 1.62 bits per heavy atom. The molecular formula is C7H7FO4S. The summed E-state index contributed by atoms with van der Waals surface area (Å²) >= 11 is 0. The van der Waals surface area contributed by atoms with Crippen molar-refractivity contribution in [1.29, 1.82) is 0 Å². The molecule has 0 heterocycles. The summed E-state index contributed by atoms with van der Waals surface area (Å²) in [4.78, 5) is 10.8. The first kappa shape index (κ1) is 11.7. The highest BCUT2D eigenvalue weighted by molar-refractivity contribution is 8.01. The fourth-order valence-electron chi connectivity index (χ4n) is 0.723. The Morgan fingerprint density at radius 1 is 1.15 bits per heavy atom. The Morgan fingerprint density at radius 3 is 2.00 bits per heavy atom. The van der Waals surface area contributed by atoms with Gasteiger partial charge in [0.25, 0.3) is 0 Å². The summed E-state index contributed by atoms with van der Waals surface area (Å²) in [6, 6.07) is 7.30. The van der Waals surface area contributed by atoms with Crippen molar-refractivity contribution in [3.63, 3.8) is 0 Å². The van der Waals surface area contributed by atoms with Gasteiger partial charge in [0.1, 0.15) is 0 Å². The Kier molecular flexibility index (Phi) is 3.70. The van der Waals surface area contributed by atoms with E-state index in [1.54, 1.807) is 6.07 Å². The second-order valence-corrected chi connectivity index (χ2v) is 3.45. The minimum absolute atomic E-state index is 0. The Hall–Kier alpha value is -1.27. The average molecular weight is 206 g/mol. The third kappa shape index (κ3) is 2.92. The topological polar surface area (TPSA) is 71.4 Å². The SMILES string of the molecule is F.O=C(c1ccccc1)S(=O)(=O)O. The monoisotopic (exact) mass is 206 g/mol. The maximum Gasteiger partial charge on any atom is 0.333 e. The first-order valence-electron chi connectivity index (χ1n) is 3.08. The molecule has 0 saturated heterocycles. The number of hydrogen-bond acceptors (Lipinski definition) is 3. The van der Waals surface area contributed by atoms with Crippen molar-refractivity contribution in [1.82, 2.24) is 0 Å². The number of carbonyl (C=O) groups is 1. The molecule has 4 nitrogen and oxygen atoms in total. The standard InChI is InChI=1S/C7H6O4S.FH/c8-7(12(9,10)11)6-4-2-1-3-5-6;/h1-5H,(H,9,10,11);1H. The highest BCUT2D eigenvalue weighted by Gasteiger charge is 2.19. The van der Waals surface area contributed by atoms with Gasteiger partial charge in [-0.3, -0.25) is 14.1 Å². The largest absolute Gasteiger partial charge is 0.333 e. The van der Waals surface area contributed by atoms with Crippen LogP contribution < -0.4 is 0 Å². The van der Waals surface area contributed by atoms with Crippen LogP contribution in [-0.2, 0) is 10.1 Å². The predicted octanol–water partition coefficient (Wildman–Crippen LogP) is 0.867. The fraction of sp³-hybridized carbons (Fsp3) is 0. The Labute approximate surface area is 74.3 Å². The number of halogens is 1. The molecule has 0 fully saturated rings. The van der Waals surface area contributed by atoms with E-state index < -0.39 is 15.2 Å². The van der Waals surface area contributed by atoms with Crippen LogP contribution in [0.15, 0.2) is 30.3 Å². The molecule has 6 heteroatoms. The van der Waals surface area contributed by atoms with Crippen LogP contribution in [0.25, 0.3) is 0 Å². The van der Waals surface area contributed by atoms with Gasteiger partial charge in [-0.15, -0.1) is 0 Å². The molecule has 0 aromatic heterocycles. The molecule has 1 rings (SSSR count). The third-order valence-electron chi connectivity index (χ3n) is 1.24.